The first kappa shape index (κ1) is 11.5. The van der Waals surface area contributed by atoms with E-state index in [0.29, 0.717) is 5.92 Å². The minimum Gasteiger partial charge on any atom is -0.140 e. The molecule has 1 heterocycles. The maximum Gasteiger partial charge on any atom is 0.0345 e. The van der Waals surface area contributed by atoms with Crippen molar-refractivity contribution in [2.24, 2.45) is 0 Å². The molecule has 0 aliphatic heterocycles. The van der Waals surface area contributed by atoms with Crippen molar-refractivity contribution in [3.05, 3.63) is 71.1 Å². The molecule has 1 aliphatic rings. The van der Waals surface area contributed by atoms with Crippen LogP contribution in [0.4, 0.5) is 0 Å². The van der Waals surface area contributed by atoms with Crippen molar-refractivity contribution in [2.45, 2.75) is 19.3 Å². The lowest BCUT2D eigenvalue weighted by atomic mass is 9.96. The lowest BCUT2D eigenvalue weighted by Gasteiger charge is -2.12. The van der Waals surface area contributed by atoms with Gasteiger partial charge in [0, 0.05) is 15.7 Å². The Hall–Kier alpha value is -1.60. The van der Waals surface area contributed by atoms with Crippen LogP contribution < -0.4 is 0 Å². The van der Waals surface area contributed by atoms with E-state index in [1.807, 2.05) is 11.3 Å². The first-order chi connectivity index (χ1) is 8.83. The summed E-state index contributed by atoms with van der Waals surface area (Å²) < 4.78 is 0. The van der Waals surface area contributed by atoms with Gasteiger partial charge in [0.2, 0.25) is 0 Å². The van der Waals surface area contributed by atoms with Gasteiger partial charge in [-0.2, -0.15) is 0 Å². The van der Waals surface area contributed by atoms with Crippen molar-refractivity contribution in [3.63, 3.8) is 0 Å². The molecule has 0 radical (unpaired) electrons. The van der Waals surface area contributed by atoms with Gasteiger partial charge in [-0.1, -0.05) is 54.1 Å². The third-order valence-electron chi connectivity index (χ3n) is 3.34. The minimum absolute atomic E-state index is 0.566. The Morgan fingerprint density at radius 3 is 2.61 bits per heavy atom. The fraction of sp³-hybridized carbons (Fsp3) is 0.176. The number of benzene rings is 1. The van der Waals surface area contributed by atoms with Crippen LogP contribution >= 0.6 is 11.3 Å². The summed E-state index contributed by atoms with van der Waals surface area (Å²) in [6.45, 7) is 2.16. The topological polar surface area (TPSA) is 0 Å². The predicted molar refractivity (Wildman–Crippen MR) is 80.0 cm³/mol. The average molecular weight is 252 g/mol. The van der Waals surface area contributed by atoms with Crippen LogP contribution in [-0.2, 0) is 0 Å². The summed E-state index contributed by atoms with van der Waals surface area (Å²) in [6, 6.07) is 15.1. The van der Waals surface area contributed by atoms with E-state index in [1.165, 1.54) is 20.9 Å². The number of allylic oxidation sites excluding steroid dienone is 4. The molecule has 0 spiro atoms. The first-order valence-electron chi connectivity index (χ1n) is 6.33. The molecule has 18 heavy (non-hydrogen) atoms. The molecule has 3 rings (SSSR count). The summed E-state index contributed by atoms with van der Waals surface area (Å²) in [5.41, 5.74) is 2.70. The summed E-state index contributed by atoms with van der Waals surface area (Å²) in [6.07, 6.45) is 8.02. The summed E-state index contributed by atoms with van der Waals surface area (Å²) in [5, 5.41) is 0. The fourth-order valence-corrected chi connectivity index (χ4v) is 3.35. The first-order valence-corrected chi connectivity index (χ1v) is 7.15. The molecule has 1 atom stereocenters. The van der Waals surface area contributed by atoms with Crippen LogP contribution in [0.1, 0.15) is 24.1 Å². The zero-order valence-corrected chi connectivity index (χ0v) is 11.3. The molecule has 0 bridgehead atoms. The van der Waals surface area contributed by atoms with Gasteiger partial charge in [0.05, 0.1) is 0 Å². The number of hydrogen-bond donors (Lipinski definition) is 0. The fourth-order valence-electron chi connectivity index (χ4n) is 2.25. The van der Waals surface area contributed by atoms with E-state index in [-0.39, 0.29) is 0 Å². The summed E-state index contributed by atoms with van der Waals surface area (Å²) in [4.78, 5) is 2.83. The third-order valence-corrected chi connectivity index (χ3v) is 4.60. The van der Waals surface area contributed by atoms with E-state index >= 15 is 0 Å². The second kappa shape index (κ2) is 4.95. The highest BCUT2D eigenvalue weighted by atomic mass is 32.1. The Balaban J connectivity index is 1.85. The third kappa shape index (κ3) is 2.32. The maximum atomic E-state index is 2.33. The molecule has 1 aliphatic carbocycles. The molecular formula is C17H16S. The Labute approximate surface area is 112 Å². The number of thiophene rings is 1. The van der Waals surface area contributed by atoms with Gasteiger partial charge in [0.15, 0.2) is 0 Å². The molecule has 2 aromatic rings. The smallest absolute Gasteiger partial charge is 0.0345 e. The standard InChI is InChI=1S/C17H16S/c1-13-7-9-15(10-8-13)17-12-11-16(18-17)14-5-3-2-4-6-14/h2-9,11-12,15H,10H2,1H3. The van der Waals surface area contributed by atoms with Gasteiger partial charge in [-0.3, -0.25) is 0 Å². The van der Waals surface area contributed by atoms with Crippen LogP contribution in [0.25, 0.3) is 10.4 Å². The number of rotatable bonds is 2. The highest BCUT2D eigenvalue weighted by Crippen LogP contribution is 2.35. The number of hydrogen-bond acceptors (Lipinski definition) is 1. The van der Waals surface area contributed by atoms with E-state index in [0.717, 1.165) is 6.42 Å². The van der Waals surface area contributed by atoms with Crippen molar-refractivity contribution < 1.29 is 0 Å². The van der Waals surface area contributed by atoms with Crippen LogP contribution in [0.2, 0.25) is 0 Å². The van der Waals surface area contributed by atoms with Crippen molar-refractivity contribution in [1.29, 1.82) is 0 Å². The van der Waals surface area contributed by atoms with Gasteiger partial charge < -0.3 is 0 Å². The lowest BCUT2D eigenvalue weighted by molar-refractivity contribution is 0.864. The molecular weight excluding hydrogens is 236 g/mol. The minimum atomic E-state index is 0.566. The Morgan fingerprint density at radius 2 is 1.89 bits per heavy atom. The van der Waals surface area contributed by atoms with Crippen molar-refractivity contribution >= 4 is 11.3 Å². The summed E-state index contributed by atoms with van der Waals surface area (Å²) in [7, 11) is 0. The van der Waals surface area contributed by atoms with Gasteiger partial charge in [-0.25, -0.2) is 0 Å². The second-order valence-corrected chi connectivity index (χ2v) is 5.83. The quantitative estimate of drug-likeness (QED) is 0.671. The van der Waals surface area contributed by atoms with Gasteiger partial charge in [0.25, 0.3) is 0 Å². The van der Waals surface area contributed by atoms with E-state index in [1.54, 1.807) is 0 Å². The zero-order chi connectivity index (χ0) is 12.4. The van der Waals surface area contributed by atoms with Gasteiger partial charge in [-0.05, 0) is 31.0 Å². The Kier molecular flexibility index (Phi) is 3.16. The molecule has 0 fully saturated rings. The van der Waals surface area contributed by atoms with Gasteiger partial charge in [0.1, 0.15) is 0 Å². The molecule has 1 heteroatoms. The molecule has 0 amide bonds. The highest BCUT2D eigenvalue weighted by molar-refractivity contribution is 7.15. The van der Waals surface area contributed by atoms with Crippen molar-refractivity contribution in [3.8, 4) is 10.4 Å². The predicted octanol–water partition coefficient (Wildman–Crippen LogP) is 5.40. The molecule has 1 aromatic carbocycles. The van der Waals surface area contributed by atoms with Crippen LogP contribution in [0.5, 0.6) is 0 Å². The normalized spacial score (nSPS) is 18.7. The summed E-state index contributed by atoms with van der Waals surface area (Å²) >= 11 is 1.91. The van der Waals surface area contributed by atoms with Crippen molar-refractivity contribution in [1.82, 2.24) is 0 Å². The van der Waals surface area contributed by atoms with Crippen LogP contribution in [0.15, 0.2) is 66.3 Å². The SMILES string of the molecule is CC1=CCC(c2ccc(-c3ccccc3)s2)C=C1. The molecule has 0 nitrogen and oxygen atoms in total. The Morgan fingerprint density at radius 1 is 1.06 bits per heavy atom. The van der Waals surface area contributed by atoms with E-state index in [9.17, 15) is 0 Å². The molecule has 1 unspecified atom stereocenters. The molecule has 0 N–H and O–H groups in total. The van der Waals surface area contributed by atoms with E-state index in [2.05, 4.69) is 67.6 Å². The van der Waals surface area contributed by atoms with Gasteiger partial charge in [-0.15, -0.1) is 11.3 Å². The van der Waals surface area contributed by atoms with Crippen LogP contribution in [-0.4, -0.2) is 0 Å². The molecule has 90 valence electrons. The molecule has 0 saturated heterocycles. The Bertz CT molecular complexity index is 587. The van der Waals surface area contributed by atoms with Crippen LogP contribution in [0.3, 0.4) is 0 Å². The lowest BCUT2D eigenvalue weighted by Crippen LogP contribution is -1.94. The molecule has 1 aromatic heterocycles. The second-order valence-electron chi connectivity index (χ2n) is 4.72. The largest absolute Gasteiger partial charge is 0.140 e. The van der Waals surface area contributed by atoms with E-state index in [4.69, 9.17) is 0 Å². The van der Waals surface area contributed by atoms with E-state index < -0.39 is 0 Å². The summed E-state index contributed by atoms with van der Waals surface area (Å²) in [5.74, 6) is 0.566. The van der Waals surface area contributed by atoms with Crippen molar-refractivity contribution in [2.75, 3.05) is 0 Å². The average Bonchev–Trinajstić information content (AvgIpc) is 2.90. The molecule has 0 saturated carbocycles. The highest BCUT2D eigenvalue weighted by Gasteiger charge is 2.12. The monoisotopic (exact) mass is 252 g/mol. The van der Waals surface area contributed by atoms with Gasteiger partial charge >= 0.3 is 0 Å². The van der Waals surface area contributed by atoms with Crippen LogP contribution in [0, 0.1) is 0 Å². The zero-order valence-electron chi connectivity index (χ0n) is 10.5. The maximum absolute atomic E-state index is 2.33.